The van der Waals surface area contributed by atoms with E-state index >= 15 is 0 Å². The number of benzene rings is 1. The lowest BCUT2D eigenvalue weighted by atomic mass is 9.79. The highest BCUT2D eigenvalue weighted by molar-refractivity contribution is 5.26. The Balaban J connectivity index is 3.29. The van der Waals surface area contributed by atoms with Gasteiger partial charge in [0.15, 0.2) is 0 Å². The Hall–Kier alpha value is -1.00. The monoisotopic (exact) mass is 284 g/mol. The van der Waals surface area contributed by atoms with Gasteiger partial charge < -0.3 is 5.73 Å². The number of halogens is 2. The molecule has 1 aromatic rings. The second-order valence-electron chi connectivity index (χ2n) is 5.13. The summed E-state index contributed by atoms with van der Waals surface area (Å²) in [4.78, 5) is 2.25. The van der Waals surface area contributed by atoms with Crippen LogP contribution in [-0.4, -0.2) is 23.5 Å². The fourth-order valence-electron chi connectivity index (χ4n) is 3.23. The summed E-state index contributed by atoms with van der Waals surface area (Å²) >= 11 is 0. The van der Waals surface area contributed by atoms with Crippen LogP contribution in [0.5, 0.6) is 0 Å². The molecule has 0 aliphatic carbocycles. The van der Waals surface area contributed by atoms with Crippen LogP contribution in [0, 0.1) is 11.6 Å². The van der Waals surface area contributed by atoms with E-state index in [1.165, 1.54) is 6.07 Å². The Morgan fingerprint density at radius 1 is 1.10 bits per heavy atom. The molecule has 0 spiro atoms. The highest BCUT2D eigenvalue weighted by atomic mass is 19.1. The van der Waals surface area contributed by atoms with E-state index in [-0.39, 0.29) is 11.1 Å². The van der Waals surface area contributed by atoms with E-state index in [4.69, 9.17) is 5.73 Å². The van der Waals surface area contributed by atoms with Gasteiger partial charge in [0.05, 0.1) is 6.04 Å². The van der Waals surface area contributed by atoms with Crippen LogP contribution in [-0.2, 0) is 0 Å². The molecule has 0 bridgehead atoms. The number of hydrogen-bond acceptors (Lipinski definition) is 2. The predicted octanol–water partition coefficient (Wildman–Crippen LogP) is 3.87. The third-order valence-corrected chi connectivity index (χ3v) is 4.49. The van der Waals surface area contributed by atoms with Gasteiger partial charge in [0.2, 0.25) is 0 Å². The zero-order chi connectivity index (χ0) is 15.3. The first-order valence-electron chi connectivity index (χ1n) is 7.42. The third-order valence-electron chi connectivity index (χ3n) is 4.49. The lowest BCUT2D eigenvalue weighted by Gasteiger charge is -2.46. The molecule has 1 unspecified atom stereocenters. The molecule has 0 radical (unpaired) electrons. The molecule has 0 heterocycles. The van der Waals surface area contributed by atoms with Gasteiger partial charge in [-0.3, -0.25) is 4.90 Å². The van der Waals surface area contributed by atoms with Crippen molar-refractivity contribution in [1.29, 1.82) is 0 Å². The fraction of sp³-hybridized carbons (Fsp3) is 0.625. The number of nitrogens with two attached hydrogens (primary N) is 1. The lowest BCUT2D eigenvalue weighted by molar-refractivity contribution is 0.0613. The Bertz CT molecular complexity index is 426. The first-order valence-corrected chi connectivity index (χ1v) is 7.42. The molecule has 1 atom stereocenters. The minimum absolute atomic E-state index is 0.264. The maximum absolute atomic E-state index is 14.0. The third kappa shape index (κ3) is 3.01. The maximum atomic E-state index is 14.0. The largest absolute Gasteiger partial charge is 0.322 e. The Kier molecular flexibility index (Phi) is 6.08. The lowest BCUT2D eigenvalue weighted by Crippen LogP contribution is -2.55. The first kappa shape index (κ1) is 17.1. The van der Waals surface area contributed by atoms with E-state index in [0.29, 0.717) is 0 Å². The van der Waals surface area contributed by atoms with E-state index in [2.05, 4.69) is 32.6 Å². The van der Waals surface area contributed by atoms with Crippen LogP contribution in [0.2, 0.25) is 0 Å². The molecule has 2 N–H and O–H groups in total. The van der Waals surface area contributed by atoms with Crippen LogP contribution in [0.1, 0.15) is 52.1 Å². The van der Waals surface area contributed by atoms with Crippen LogP contribution in [0.25, 0.3) is 0 Å². The molecule has 1 aromatic carbocycles. The standard InChI is InChI=1S/C16H26F2N2/c1-5-16(6-2,20(7-3)8-4)15(19)13-11-12(17)9-10-14(13)18/h9-11,15H,5-8,19H2,1-4H3. The van der Waals surface area contributed by atoms with Gasteiger partial charge in [0, 0.05) is 11.1 Å². The average molecular weight is 284 g/mol. The van der Waals surface area contributed by atoms with Crippen molar-refractivity contribution in [3.05, 3.63) is 35.4 Å². The van der Waals surface area contributed by atoms with Crippen molar-refractivity contribution in [3.63, 3.8) is 0 Å². The van der Waals surface area contributed by atoms with E-state index in [0.717, 1.165) is 38.1 Å². The second-order valence-corrected chi connectivity index (χ2v) is 5.13. The Morgan fingerprint density at radius 3 is 2.10 bits per heavy atom. The van der Waals surface area contributed by atoms with Gasteiger partial charge in [-0.25, -0.2) is 8.78 Å². The van der Waals surface area contributed by atoms with Crippen LogP contribution >= 0.6 is 0 Å². The Labute approximate surface area is 121 Å². The van der Waals surface area contributed by atoms with Crippen LogP contribution in [0.4, 0.5) is 8.78 Å². The van der Waals surface area contributed by atoms with Crippen LogP contribution in [0.3, 0.4) is 0 Å². The summed E-state index contributed by atoms with van der Waals surface area (Å²) in [5.41, 5.74) is 6.28. The minimum Gasteiger partial charge on any atom is -0.322 e. The molecule has 1 rings (SSSR count). The predicted molar refractivity (Wildman–Crippen MR) is 79.5 cm³/mol. The van der Waals surface area contributed by atoms with Gasteiger partial charge in [0.25, 0.3) is 0 Å². The molecule has 0 saturated heterocycles. The Morgan fingerprint density at radius 2 is 1.65 bits per heavy atom. The fourth-order valence-corrected chi connectivity index (χ4v) is 3.23. The quantitative estimate of drug-likeness (QED) is 0.823. The summed E-state index contributed by atoms with van der Waals surface area (Å²) in [5, 5.41) is 0. The molecule has 0 fully saturated rings. The van der Waals surface area contributed by atoms with Crippen molar-refractivity contribution in [3.8, 4) is 0 Å². The summed E-state index contributed by atoms with van der Waals surface area (Å²) in [6, 6.07) is 2.96. The number of nitrogens with zero attached hydrogens (tertiary/aromatic N) is 1. The second kappa shape index (κ2) is 7.14. The molecular formula is C16H26F2N2. The van der Waals surface area contributed by atoms with Crippen molar-refractivity contribution >= 4 is 0 Å². The molecule has 2 nitrogen and oxygen atoms in total. The summed E-state index contributed by atoms with van der Waals surface area (Å²) < 4.78 is 27.5. The van der Waals surface area contributed by atoms with E-state index < -0.39 is 17.7 Å². The molecule has 20 heavy (non-hydrogen) atoms. The van der Waals surface area contributed by atoms with E-state index in [1.807, 2.05) is 0 Å². The highest BCUT2D eigenvalue weighted by Gasteiger charge is 2.39. The first-order chi connectivity index (χ1) is 9.46. The molecule has 114 valence electrons. The summed E-state index contributed by atoms with van der Waals surface area (Å²) in [6.45, 7) is 9.92. The smallest absolute Gasteiger partial charge is 0.128 e. The number of rotatable bonds is 7. The normalized spacial score (nSPS) is 13.8. The highest BCUT2D eigenvalue weighted by Crippen LogP contribution is 2.36. The molecule has 0 aromatic heterocycles. The molecule has 0 saturated carbocycles. The van der Waals surface area contributed by atoms with Crippen molar-refractivity contribution < 1.29 is 8.78 Å². The maximum Gasteiger partial charge on any atom is 0.128 e. The van der Waals surface area contributed by atoms with E-state index in [1.54, 1.807) is 0 Å². The van der Waals surface area contributed by atoms with Crippen molar-refractivity contribution in [2.24, 2.45) is 5.73 Å². The van der Waals surface area contributed by atoms with Gasteiger partial charge in [0.1, 0.15) is 11.6 Å². The SMILES string of the molecule is CCN(CC)C(CC)(CC)C(N)c1cc(F)ccc1F. The van der Waals surface area contributed by atoms with Gasteiger partial charge in [-0.05, 0) is 44.1 Å². The number of likely N-dealkylation sites (N-methyl/N-ethyl adjacent to an activating group) is 1. The van der Waals surface area contributed by atoms with Gasteiger partial charge in [-0.2, -0.15) is 0 Å². The topological polar surface area (TPSA) is 29.3 Å². The molecule has 0 aliphatic heterocycles. The molecular weight excluding hydrogens is 258 g/mol. The molecule has 0 amide bonds. The zero-order valence-corrected chi connectivity index (χ0v) is 12.9. The van der Waals surface area contributed by atoms with Gasteiger partial charge in [-0.1, -0.05) is 27.7 Å². The average Bonchev–Trinajstić information content (AvgIpc) is 2.46. The van der Waals surface area contributed by atoms with Crippen LogP contribution in [0.15, 0.2) is 18.2 Å². The minimum atomic E-state index is -0.548. The van der Waals surface area contributed by atoms with Crippen LogP contribution < -0.4 is 5.73 Å². The summed E-state index contributed by atoms with van der Waals surface area (Å²) in [5.74, 6) is -0.880. The van der Waals surface area contributed by atoms with E-state index in [9.17, 15) is 8.78 Å². The van der Waals surface area contributed by atoms with Crippen molar-refractivity contribution in [2.45, 2.75) is 52.1 Å². The zero-order valence-electron chi connectivity index (χ0n) is 12.9. The van der Waals surface area contributed by atoms with Crippen molar-refractivity contribution in [1.82, 2.24) is 4.90 Å². The van der Waals surface area contributed by atoms with Gasteiger partial charge in [-0.15, -0.1) is 0 Å². The summed E-state index contributed by atoms with van der Waals surface area (Å²) in [7, 11) is 0. The summed E-state index contributed by atoms with van der Waals surface area (Å²) in [6.07, 6.45) is 1.59. The number of hydrogen-bond donors (Lipinski definition) is 1. The molecule has 0 aliphatic rings. The molecule has 4 heteroatoms. The van der Waals surface area contributed by atoms with Crippen molar-refractivity contribution in [2.75, 3.05) is 13.1 Å². The van der Waals surface area contributed by atoms with Gasteiger partial charge >= 0.3 is 0 Å².